The van der Waals surface area contributed by atoms with Gasteiger partial charge in [0.25, 0.3) is 0 Å². The molecule has 0 spiro atoms. The lowest BCUT2D eigenvalue weighted by atomic mass is 9.65. The summed E-state index contributed by atoms with van der Waals surface area (Å²) in [6, 6.07) is 24.3. The molecule has 2 aromatic rings. The summed E-state index contributed by atoms with van der Waals surface area (Å²) >= 11 is 0. The molecule has 0 radical (unpaired) electrons. The molecule has 2 aromatic carbocycles. The molecule has 154 valence electrons. The van der Waals surface area contributed by atoms with E-state index in [1.54, 1.807) is 5.57 Å². The number of hydrogen-bond acceptors (Lipinski definition) is 1. The van der Waals surface area contributed by atoms with Gasteiger partial charge in [0.1, 0.15) is 0 Å². The smallest absolute Gasteiger partial charge is 0.0659 e. The first kappa shape index (κ1) is 20.7. The number of fused-ring (bicyclic) bond motifs is 1. The van der Waals surface area contributed by atoms with Gasteiger partial charge in [-0.15, -0.1) is 0 Å². The van der Waals surface area contributed by atoms with E-state index in [1.807, 2.05) is 0 Å². The van der Waals surface area contributed by atoms with Crippen LogP contribution in [0.3, 0.4) is 0 Å². The Morgan fingerprint density at radius 1 is 1.03 bits per heavy atom. The van der Waals surface area contributed by atoms with E-state index < -0.39 is 0 Å². The Labute approximate surface area is 182 Å². The van der Waals surface area contributed by atoms with E-state index in [-0.39, 0.29) is 11.3 Å². The van der Waals surface area contributed by atoms with Gasteiger partial charge in [0, 0.05) is 5.41 Å². The number of hydrogen-bond donors (Lipinski definition) is 0. The summed E-state index contributed by atoms with van der Waals surface area (Å²) in [4.78, 5) is 0. The minimum atomic E-state index is -0.108. The second kappa shape index (κ2) is 9.05. The van der Waals surface area contributed by atoms with Crippen LogP contribution in [0.4, 0.5) is 0 Å². The summed E-state index contributed by atoms with van der Waals surface area (Å²) in [7, 11) is 0. The Morgan fingerprint density at radius 3 is 2.40 bits per heavy atom. The highest BCUT2D eigenvalue weighted by molar-refractivity contribution is 5.90. The molecule has 0 amide bonds. The van der Waals surface area contributed by atoms with Gasteiger partial charge >= 0.3 is 0 Å². The minimum Gasteiger partial charge on any atom is -0.198 e. The van der Waals surface area contributed by atoms with Crippen LogP contribution in [-0.2, 0) is 0 Å². The predicted octanol–water partition coefficient (Wildman–Crippen LogP) is 8.06. The quantitative estimate of drug-likeness (QED) is 0.415. The Bertz CT molecular complexity index is 947. The van der Waals surface area contributed by atoms with Crippen molar-refractivity contribution in [3.05, 3.63) is 83.9 Å². The van der Waals surface area contributed by atoms with Gasteiger partial charge in [0.2, 0.25) is 0 Å². The van der Waals surface area contributed by atoms with E-state index in [1.165, 1.54) is 48.0 Å². The summed E-state index contributed by atoms with van der Waals surface area (Å²) in [5.41, 5.74) is 6.75. The molecule has 30 heavy (non-hydrogen) atoms. The summed E-state index contributed by atoms with van der Waals surface area (Å²) in [5, 5.41) is 9.97. The average Bonchev–Trinajstić information content (AvgIpc) is 3.31. The first-order valence-corrected chi connectivity index (χ1v) is 11.6. The van der Waals surface area contributed by atoms with Crippen molar-refractivity contribution in [1.82, 2.24) is 0 Å². The number of allylic oxidation sites excluding steroid dienone is 3. The number of nitriles is 1. The van der Waals surface area contributed by atoms with E-state index in [0.29, 0.717) is 5.92 Å². The fourth-order valence-electron chi connectivity index (χ4n) is 6.06. The average molecular weight is 396 g/mol. The molecule has 1 fully saturated rings. The summed E-state index contributed by atoms with van der Waals surface area (Å²) in [6.45, 7) is 6.95. The van der Waals surface area contributed by atoms with Crippen LogP contribution in [0.1, 0.15) is 69.4 Å². The number of rotatable bonds is 8. The fourth-order valence-corrected chi connectivity index (χ4v) is 6.06. The lowest BCUT2D eigenvalue weighted by molar-refractivity contribution is 0.366. The maximum absolute atomic E-state index is 9.97. The monoisotopic (exact) mass is 395 g/mol. The highest BCUT2D eigenvalue weighted by Gasteiger charge is 2.57. The zero-order valence-corrected chi connectivity index (χ0v) is 18.2. The third-order valence-electron chi connectivity index (χ3n) is 7.46. The molecule has 2 aliphatic carbocycles. The van der Waals surface area contributed by atoms with Gasteiger partial charge in [-0.1, -0.05) is 99.0 Å². The van der Waals surface area contributed by atoms with Crippen molar-refractivity contribution in [3.63, 3.8) is 0 Å². The molecule has 0 aromatic heterocycles. The molecule has 0 saturated heterocycles. The van der Waals surface area contributed by atoms with E-state index in [2.05, 4.69) is 80.2 Å². The van der Waals surface area contributed by atoms with Crippen LogP contribution in [0.2, 0.25) is 0 Å². The second-order valence-corrected chi connectivity index (χ2v) is 9.06. The van der Waals surface area contributed by atoms with E-state index in [4.69, 9.17) is 0 Å². The van der Waals surface area contributed by atoms with Crippen LogP contribution < -0.4 is 0 Å². The molecule has 3 atom stereocenters. The minimum absolute atomic E-state index is 0.108. The van der Waals surface area contributed by atoms with Crippen LogP contribution in [0, 0.1) is 28.6 Å². The zero-order chi connectivity index (χ0) is 21.0. The van der Waals surface area contributed by atoms with Crippen LogP contribution in [0.15, 0.2) is 72.8 Å². The third-order valence-corrected chi connectivity index (χ3v) is 7.46. The number of benzene rings is 2. The van der Waals surface area contributed by atoms with Gasteiger partial charge in [-0.3, -0.25) is 0 Å². The van der Waals surface area contributed by atoms with Crippen molar-refractivity contribution in [2.75, 3.05) is 0 Å². The van der Waals surface area contributed by atoms with Crippen molar-refractivity contribution < 1.29 is 0 Å². The molecule has 4 rings (SSSR count). The molecule has 1 saturated carbocycles. The fraction of sp³-hybridized carbons (Fsp3) is 0.414. The SMILES string of the molecule is C=C(c1ccccc1)[C@@]12CC[C@H](C#N)C1CC(CCCCCC)=C2c1ccccc1. The molecular formula is C29H33N. The topological polar surface area (TPSA) is 23.8 Å². The highest BCUT2D eigenvalue weighted by atomic mass is 14.6. The van der Waals surface area contributed by atoms with Crippen molar-refractivity contribution in [3.8, 4) is 6.07 Å². The van der Waals surface area contributed by atoms with Crippen molar-refractivity contribution >= 4 is 11.1 Å². The Morgan fingerprint density at radius 2 is 1.73 bits per heavy atom. The Hall–Kier alpha value is -2.59. The molecule has 1 nitrogen and oxygen atoms in total. The van der Waals surface area contributed by atoms with Crippen molar-refractivity contribution in [2.45, 2.75) is 58.3 Å². The summed E-state index contributed by atoms with van der Waals surface area (Å²) < 4.78 is 0. The molecule has 1 unspecified atom stereocenters. The largest absolute Gasteiger partial charge is 0.198 e. The Balaban J connectivity index is 1.82. The summed E-state index contributed by atoms with van der Waals surface area (Å²) in [6.07, 6.45) is 9.33. The van der Waals surface area contributed by atoms with Gasteiger partial charge in [0.15, 0.2) is 0 Å². The van der Waals surface area contributed by atoms with Gasteiger partial charge in [0.05, 0.1) is 12.0 Å². The second-order valence-electron chi connectivity index (χ2n) is 9.06. The van der Waals surface area contributed by atoms with Crippen LogP contribution in [0.5, 0.6) is 0 Å². The normalized spacial score (nSPS) is 25.2. The predicted molar refractivity (Wildman–Crippen MR) is 126 cm³/mol. The van der Waals surface area contributed by atoms with Gasteiger partial charge < -0.3 is 0 Å². The van der Waals surface area contributed by atoms with Gasteiger partial charge in [-0.25, -0.2) is 0 Å². The highest BCUT2D eigenvalue weighted by Crippen LogP contribution is 2.67. The molecular weight excluding hydrogens is 362 g/mol. The van der Waals surface area contributed by atoms with Gasteiger partial charge in [-0.2, -0.15) is 5.26 Å². The van der Waals surface area contributed by atoms with E-state index in [9.17, 15) is 5.26 Å². The molecule has 2 aliphatic rings. The van der Waals surface area contributed by atoms with E-state index >= 15 is 0 Å². The molecule has 0 bridgehead atoms. The lowest BCUT2D eigenvalue weighted by Crippen LogP contribution is -2.27. The van der Waals surface area contributed by atoms with Crippen LogP contribution in [-0.4, -0.2) is 0 Å². The van der Waals surface area contributed by atoms with Crippen molar-refractivity contribution in [2.24, 2.45) is 17.3 Å². The van der Waals surface area contributed by atoms with Crippen LogP contribution >= 0.6 is 0 Å². The third kappa shape index (κ3) is 3.54. The number of unbranched alkanes of at least 4 members (excludes halogenated alkanes) is 3. The Kier molecular flexibility index (Phi) is 6.24. The van der Waals surface area contributed by atoms with Gasteiger partial charge in [-0.05, 0) is 60.3 Å². The maximum atomic E-state index is 9.97. The lowest BCUT2D eigenvalue weighted by Gasteiger charge is -2.37. The first-order valence-electron chi connectivity index (χ1n) is 11.6. The van der Waals surface area contributed by atoms with Crippen molar-refractivity contribution in [1.29, 1.82) is 5.26 Å². The summed E-state index contributed by atoms with van der Waals surface area (Å²) in [5.74, 6) is 0.476. The first-order chi connectivity index (χ1) is 14.7. The molecule has 0 N–H and O–H groups in total. The maximum Gasteiger partial charge on any atom is 0.0659 e. The van der Waals surface area contributed by atoms with Crippen LogP contribution in [0.25, 0.3) is 11.1 Å². The van der Waals surface area contributed by atoms with E-state index in [0.717, 1.165) is 25.7 Å². The standard InChI is InChI=1S/C29H33N/c1-3-4-5-8-17-25-20-27-26(21-30)18-19-29(27,22(2)23-13-9-6-10-14-23)28(25)24-15-11-7-12-16-24/h6-7,9-16,26-27H,2-5,8,17-20H2,1H3/t26-,27?,29+/m1/s1. The number of nitrogens with zero attached hydrogens (tertiary/aromatic N) is 1. The molecule has 0 heterocycles. The zero-order valence-electron chi connectivity index (χ0n) is 18.2. The molecule has 0 aliphatic heterocycles. The molecule has 1 heteroatoms.